The first-order valence-corrected chi connectivity index (χ1v) is 18.3. The summed E-state index contributed by atoms with van der Waals surface area (Å²) in [6.07, 6.45) is 2.06. The molecule has 7 rings (SSSR count). The van der Waals surface area contributed by atoms with Gasteiger partial charge in [0, 0.05) is 18.0 Å². The van der Waals surface area contributed by atoms with E-state index < -0.39 is 59.0 Å². The number of allylic oxidation sites excluding steroid dienone is 1. The van der Waals surface area contributed by atoms with Crippen LogP contribution < -0.4 is 25.7 Å². The number of para-hydroxylation sites is 1. The van der Waals surface area contributed by atoms with Gasteiger partial charge in [-0.3, -0.25) is 14.4 Å². The highest BCUT2D eigenvalue weighted by Gasteiger charge is 2.61. The van der Waals surface area contributed by atoms with Gasteiger partial charge in [0.05, 0.1) is 22.3 Å². The number of halogens is 4. The Morgan fingerprint density at radius 3 is 2.66 bits per heavy atom. The molecule has 0 unspecified atom stereocenters. The molecule has 2 fully saturated rings. The van der Waals surface area contributed by atoms with Crippen molar-refractivity contribution in [3.63, 3.8) is 0 Å². The number of aromatic nitrogens is 1. The summed E-state index contributed by atoms with van der Waals surface area (Å²) in [6, 6.07) is 15.4. The Morgan fingerprint density at radius 1 is 1.02 bits per heavy atom. The number of hydrogen-bond donors (Lipinski definition) is 3. The summed E-state index contributed by atoms with van der Waals surface area (Å²) in [6.45, 7) is -0.0401. The molecule has 3 aromatic carbocycles. The third-order valence-corrected chi connectivity index (χ3v) is 10.7. The second kappa shape index (κ2) is 15.0. The molecule has 1 saturated heterocycles. The van der Waals surface area contributed by atoms with Gasteiger partial charge in [0.1, 0.15) is 29.5 Å². The number of benzene rings is 3. The summed E-state index contributed by atoms with van der Waals surface area (Å²) in [7, 11) is 0. The van der Waals surface area contributed by atoms with E-state index in [9.17, 15) is 31.9 Å². The van der Waals surface area contributed by atoms with Crippen LogP contribution in [0, 0.1) is 11.7 Å². The summed E-state index contributed by atoms with van der Waals surface area (Å²) in [5, 5.41) is 6.18. The van der Waals surface area contributed by atoms with Gasteiger partial charge in [0.25, 0.3) is 11.1 Å². The van der Waals surface area contributed by atoms with Crippen LogP contribution in [0.3, 0.4) is 0 Å². The molecule has 3 heterocycles. The maximum atomic E-state index is 14.5. The fourth-order valence-corrected chi connectivity index (χ4v) is 7.81. The van der Waals surface area contributed by atoms with E-state index >= 15 is 0 Å². The van der Waals surface area contributed by atoms with Gasteiger partial charge in [-0.15, -0.1) is 0 Å². The Kier molecular flexibility index (Phi) is 10.3. The van der Waals surface area contributed by atoms with E-state index in [1.165, 1.54) is 35.2 Å². The number of amides is 3. The van der Waals surface area contributed by atoms with Crippen molar-refractivity contribution in [3.8, 4) is 10.9 Å². The predicted octanol–water partition coefficient (Wildman–Crippen LogP) is 6.79. The van der Waals surface area contributed by atoms with Gasteiger partial charge >= 0.3 is 6.18 Å². The number of carbonyl (C=O) groups is 3. The molecule has 3 aliphatic rings. The number of hydrogen-bond acceptors (Lipinski definition) is 8. The monoisotopic (exact) mass is 751 g/mol. The van der Waals surface area contributed by atoms with Crippen molar-refractivity contribution >= 4 is 45.0 Å². The molecule has 5 atom stereocenters. The summed E-state index contributed by atoms with van der Waals surface area (Å²) in [4.78, 5) is 53.8. The van der Waals surface area contributed by atoms with Gasteiger partial charge in [-0.2, -0.15) is 18.7 Å². The zero-order valence-electron chi connectivity index (χ0n) is 28.4. The number of nitrogens with zero attached hydrogens (tertiary/aromatic N) is 2. The standard InChI is InChI=1S/C38H37F4N5O5S/c39-25-16-17-29-32(19-25)53-36(44-29)51-28-20-31-33(48)45-37(35(50)46-52-27-13-6-4-7-14-27)21-24(37)10-5-2-1-3-8-15-30(34(49)47(31)22-28)43-26-12-9-11-23(18-26)38(40,41)42/h4-7,9-14,16-19,24,28,30-31,43H,1-3,8,15,20-22H2,(H,45,48)(H,46,50)/b10-5-/t24-,28-,30+,31+,37-/m1/s1. The lowest BCUT2D eigenvalue weighted by atomic mass is 10.0. The molecular weight excluding hydrogens is 715 g/mol. The number of alkyl halides is 3. The van der Waals surface area contributed by atoms with Crippen molar-refractivity contribution < 1.29 is 41.5 Å². The van der Waals surface area contributed by atoms with Crippen molar-refractivity contribution in [1.29, 1.82) is 0 Å². The molecule has 15 heteroatoms. The first-order chi connectivity index (χ1) is 25.5. The maximum Gasteiger partial charge on any atom is 0.416 e. The number of ether oxygens (including phenoxy) is 1. The lowest BCUT2D eigenvalue weighted by molar-refractivity contribution is -0.141. The topological polar surface area (TPSA) is 122 Å². The molecule has 10 nitrogen and oxygen atoms in total. The Hall–Kier alpha value is -5.18. The van der Waals surface area contributed by atoms with Gasteiger partial charge in [-0.1, -0.05) is 60.6 Å². The van der Waals surface area contributed by atoms with Crippen LogP contribution in [0.15, 0.2) is 84.9 Å². The van der Waals surface area contributed by atoms with Crippen molar-refractivity contribution in [2.75, 3.05) is 11.9 Å². The van der Waals surface area contributed by atoms with E-state index in [0.29, 0.717) is 41.6 Å². The minimum atomic E-state index is -4.58. The third kappa shape index (κ3) is 8.24. The number of fused-ring (bicyclic) bond motifs is 3. The van der Waals surface area contributed by atoms with Gasteiger partial charge < -0.3 is 25.1 Å². The Morgan fingerprint density at radius 2 is 1.85 bits per heavy atom. The predicted molar refractivity (Wildman–Crippen MR) is 189 cm³/mol. The fraction of sp³-hybridized carbons (Fsp3) is 0.368. The lowest BCUT2D eigenvalue weighted by Crippen LogP contribution is -2.57. The molecule has 3 N–H and O–H groups in total. The first kappa shape index (κ1) is 36.2. The van der Waals surface area contributed by atoms with Crippen molar-refractivity contribution in [2.45, 2.75) is 74.8 Å². The fourth-order valence-electron chi connectivity index (χ4n) is 6.91. The molecular formula is C38H37F4N5O5S. The largest absolute Gasteiger partial charge is 0.465 e. The Labute approximate surface area is 306 Å². The average molecular weight is 752 g/mol. The molecule has 53 heavy (non-hydrogen) atoms. The van der Waals surface area contributed by atoms with E-state index in [-0.39, 0.29) is 29.8 Å². The smallest absolute Gasteiger partial charge is 0.416 e. The number of thiazole rings is 1. The van der Waals surface area contributed by atoms with Gasteiger partial charge in [-0.25, -0.2) is 9.37 Å². The van der Waals surface area contributed by atoms with Crippen molar-refractivity contribution in [3.05, 3.63) is 96.3 Å². The minimum absolute atomic E-state index is 0.0386. The van der Waals surface area contributed by atoms with E-state index in [0.717, 1.165) is 36.3 Å². The molecule has 0 radical (unpaired) electrons. The molecule has 1 saturated carbocycles. The zero-order valence-corrected chi connectivity index (χ0v) is 29.2. The van der Waals surface area contributed by atoms with Crippen LogP contribution >= 0.6 is 11.3 Å². The highest BCUT2D eigenvalue weighted by atomic mass is 32.1. The van der Waals surface area contributed by atoms with E-state index in [4.69, 9.17) is 9.57 Å². The van der Waals surface area contributed by atoms with E-state index in [1.54, 1.807) is 30.3 Å². The summed E-state index contributed by atoms with van der Waals surface area (Å²) >= 11 is 1.12. The van der Waals surface area contributed by atoms with Crippen molar-refractivity contribution in [1.82, 2.24) is 20.7 Å². The Bertz CT molecular complexity index is 2010. The highest BCUT2D eigenvalue weighted by molar-refractivity contribution is 7.20. The molecule has 1 aromatic heterocycles. The minimum Gasteiger partial charge on any atom is -0.465 e. The number of hydroxylamine groups is 1. The summed E-state index contributed by atoms with van der Waals surface area (Å²) in [5.41, 5.74) is 0.910. The van der Waals surface area contributed by atoms with E-state index in [2.05, 4.69) is 21.1 Å². The number of rotatable bonds is 7. The molecule has 4 aromatic rings. The van der Waals surface area contributed by atoms with Crippen molar-refractivity contribution in [2.24, 2.45) is 5.92 Å². The Balaban J connectivity index is 1.17. The molecule has 1 aliphatic carbocycles. The van der Waals surface area contributed by atoms with Crippen LogP contribution in [0.5, 0.6) is 10.9 Å². The van der Waals surface area contributed by atoms with Gasteiger partial charge in [0.2, 0.25) is 11.8 Å². The van der Waals surface area contributed by atoms with Crippen LogP contribution in [0.25, 0.3) is 10.2 Å². The molecule has 0 bridgehead atoms. The second-order valence-corrected chi connectivity index (χ2v) is 14.5. The molecule has 0 spiro atoms. The lowest BCUT2D eigenvalue weighted by Gasteiger charge is -2.30. The van der Waals surface area contributed by atoms with Gasteiger partial charge in [-0.05, 0) is 74.2 Å². The quantitative estimate of drug-likeness (QED) is 0.108. The van der Waals surface area contributed by atoms with Gasteiger partial charge in [0.15, 0.2) is 5.75 Å². The van der Waals surface area contributed by atoms with Crippen LogP contribution in [0.2, 0.25) is 0 Å². The zero-order chi connectivity index (χ0) is 37.2. The average Bonchev–Trinajstić information content (AvgIpc) is 3.44. The van der Waals surface area contributed by atoms with Crippen LogP contribution in [-0.4, -0.2) is 57.9 Å². The van der Waals surface area contributed by atoms with E-state index in [1.807, 2.05) is 12.2 Å². The van der Waals surface area contributed by atoms with Crippen LogP contribution in [0.4, 0.5) is 23.2 Å². The summed E-state index contributed by atoms with van der Waals surface area (Å²) in [5.74, 6) is -1.99. The number of anilines is 1. The summed E-state index contributed by atoms with van der Waals surface area (Å²) < 4.78 is 61.4. The molecule has 2 aliphatic heterocycles. The molecule has 3 amide bonds. The third-order valence-electron chi connectivity index (χ3n) is 9.78. The second-order valence-electron chi connectivity index (χ2n) is 13.5. The first-order valence-electron chi connectivity index (χ1n) is 17.5. The normalized spacial score (nSPS) is 25.6. The molecule has 278 valence electrons. The highest BCUT2D eigenvalue weighted by Crippen LogP contribution is 2.46. The number of nitrogens with one attached hydrogen (secondary N) is 3. The van der Waals surface area contributed by atoms with Crippen LogP contribution in [0.1, 0.15) is 50.5 Å². The number of carbonyl (C=O) groups excluding carboxylic acids is 3. The SMILES string of the molecule is O=C1N[C@]2(C(=O)NOc3ccccc3)C[C@H]2/C=C\CCCCC[C@H](Nc2cccc(C(F)(F)F)c2)C(=O)N2C[C@H](Oc3nc4ccc(F)cc4s3)C[C@@H]12. The maximum absolute atomic E-state index is 14.5. The van der Waals surface area contributed by atoms with Crippen LogP contribution in [-0.2, 0) is 20.6 Å².